The third kappa shape index (κ3) is 2.97. The molecule has 7 heteroatoms. The molecule has 2 N–H and O–H groups in total. The van der Waals surface area contributed by atoms with E-state index in [-0.39, 0.29) is 6.04 Å². The second kappa shape index (κ2) is 5.48. The topological polar surface area (TPSA) is 68.2 Å². The van der Waals surface area contributed by atoms with Gasteiger partial charge in [-0.1, -0.05) is 5.16 Å². The molecule has 0 radical (unpaired) electrons. The molecule has 0 bridgehead atoms. The fourth-order valence-corrected chi connectivity index (χ4v) is 2.98. The van der Waals surface area contributed by atoms with E-state index in [2.05, 4.69) is 26.1 Å². The van der Waals surface area contributed by atoms with Gasteiger partial charge in [-0.05, 0) is 48.6 Å². The molecule has 0 spiro atoms. The molecular weight excluding hydrogens is 316 g/mol. The first kappa shape index (κ1) is 13.7. The van der Waals surface area contributed by atoms with Gasteiger partial charge in [0.2, 0.25) is 0 Å². The Morgan fingerprint density at radius 1 is 1.56 bits per heavy atom. The van der Waals surface area contributed by atoms with Gasteiger partial charge in [0.05, 0.1) is 14.7 Å². The summed E-state index contributed by atoms with van der Waals surface area (Å²) in [6.07, 6.45) is 0. The summed E-state index contributed by atoms with van der Waals surface area (Å²) in [7, 11) is 3.92. The molecule has 98 valence electrons. The Labute approximate surface area is 118 Å². The summed E-state index contributed by atoms with van der Waals surface area (Å²) in [4.78, 5) is 7.29. The normalized spacial score (nSPS) is 13.2. The summed E-state index contributed by atoms with van der Waals surface area (Å²) in [5, 5.41) is 3.94. The highest BCUT2D eigenvalue weighted by Gasteiger charge is 2.17. The Morgan fingerprint density at radius 3 is 2.83 bits per heavy atom. The van der Waals surface area contributed by atoms with E-state index in [1.165, 1.54) is 0 Å². The Bertz CT molecular complexity index is 517. The molecular formula is C11H15BrN4OS. The number of nitrogens with zero attached hydrogens (tertiary/aromatic N) is 3. The fourth-order valence-electron chi connectivity index (χ4n) is 1.53. The van der Waals surface area contributed by atoms with E-state index in [1.54, 1.807) is 11.3 Å². The summed E-state index contributed by atoms with van der Waals surface area (Å²) in [6.45, 7) is 2.71. The van der Waals surface area contributed by atoms with Gasteiger partial charge in [-0.25, -0.2) is 0 Å². The zero-order valence-electron chi connectivity index (χ0n) is 10.5. The molecule has 0 aliphatic carbocycles. The van der Waals surface area contributed by atoms with E-state index in [1.807, 2.05) is 32.0 Å². The molecule has 1 unspecified atom stereocenters. The van der Waals surface area contributed by atoms with Gasteiger partial charge < -0.3 is 15.2 Å². The van der Waals surface area contributed by atoms with Crippen LogP contribution in [0.2, 0.25) is 0 Å². The molecule has 2 heterocycles. The first-order valence-electron chi connectivity index (χ1n) is 5.47. The molecule has 0 fully saturated rings. The second-order valence-corrected chi connectivity index (χ2v) is 6.76. The zero-order valence-corrected chi connectivity index (χ0v) is 12.9. The number of halogens is 1. The molecule has 0 aliphatic rings. The molecule has 2 rings (SSSR count). The average molecular weight is 331 g/mol. The molecule has 2 aromatic rings. The standard InChI is InChI=1S/C11H15BrN4OS/c1-6-4-8(18-9(6)12)11-14-10(15-17-11)7(13)5-16(2)3/h4,7H,5,13H2,1-3H3. The van der Waals surface area contributed by atoms with Crippen molar-refractivity contribution in [2.75, 3.05) is 20.6 Å². The summed E-state index contributed by atoms with van der Waals surface area (Å²) in [6, 6.07) is 1.78. The lowest BCUT2D eigenvalue weighted by atomic mass is 10.3. The van der Waals surface area contributed by atoms with Crippen LogP contribution in [0.3, 0.4) is 0 Å². The molecule has 5 nitrogen and oxygen atoms in total. The van der Waals surface area contributed by atoms with Gasteiger partial charge in [-0.3, -0.25) is 0 Å². The van der Waals surface area contributed by atoms with Gasteiger partial charge in [0, 0.05) is 6.54 Å². The number of rotatable bonds is 4. The van der Waals surface area contributed by atoms with Crippen LogP contribution in [0, 0.1) is 6.92 Å². The summed E-state index contributed by atoms with van der Waals surface area (Å²) in [5.41, 5.74) is 7.15. The molecule has 0 saturated heterocycles. The molecule has 0 aromatic carbocycles. The molecule has 18 heavy (non-hydrogen) atoms. The van der Waals surface area contributed by atoms with Crippen molar-refractivity contribution in [1.29, 1.82) is 0 Å². The highest BCUT2D eigenvalue weighted by atomic mass is 79.9. The minimum Gasteiger partial charge on any atom is -0.333 e. The summed E-state index contributed by atoms with van der Waals surface area (Å²) in [5.74, 6) is 1.07. The van der Waals surface area contributed by atoms with Gasteiger partial charge in [0.25, 0.3) is 5.89 Å². The van der Waals surface area contributed by atoms with Crippen molar-refractivity contribution in [1.82, 2.24) is 15.0 Å². The number of nitrogens with two attached hydrogens (primary N) is 1. The van der Waals surface area contributed by atoms with Gasteiger partial charge in [-0.2, -0.15) is 4.98 Å². The van der Waals surface area contributed by atoms with Gasteiger partial charge in [0.15, 0.2) is 5.82 Å². The first-order chi connectivity index (χ1) is 8.47. The van der Waals surface area contributed by atoms with Crippen molar-refractivity contribution < 1.29 is 4.52 Å². The van der Waals surface area contributed by atoms with Gasteiger partial charge in [-0.15, -0.1) is 11.3 Å². The maximum absolute atomic E-state index is 5.99. The summed E-state index contributed by atoms with van der Waals surface area (Å²) < 4.78 is 6.33. The quantitative estimate of drug-likeness (QED) is 0.932. The number of likely N-dealkylation sites (N-methyl/N-ethyl adjacent to an activating group) is 1. The smallest absolute Gasteiger partial charge is 0.268 e. The average Bonchev–Trinajstić information content (AvgIpc) is 2.86. The predicted molar refractivity (Wildman–Crippen MR) is 75.5 cm³/mol. The van der Waals surface area contributed by atoms with Crippen LogP contribution in [-0.2, 0) is 0 Å². The first-order valence-corrected chi connectivity index (χ1v) is 7.08. The Kier molecular flexibility index (Phi) is 4.16. The van der Waals surface area contributed by atoms with Crippen LogP contribution in [0.5, 0.6) is 0 Å². The van der Waals surface area contributed by atoms with E-state index in [4.69, 9.17) is 10.3 Å². The fraction of sp³-hybridized carbons (Fsp3) is 0.455. The number of aromatic nitrogens is 2. The predicted octanol–water partition coefficient (Wildman–Crippen LogP) is 2.43. The van der Waals surface area contributed by atoms with Crippen molar-refractivity contribution in [3.8, 4) is 10.8 Å². The van der Waals surface area contributed by atoms with Crippen LogP contribution in [-0.4, -0.2) is 35.7 Å². The van der Waals surface area contributed by atoms with Crippen LogP contribution < -0.4 is 5.73 Å². The van der Waals surface area contributed by atoms with Crippen LogP contribution in [0.1, 0.15) is 17.4 Å². The van der Waals surface area contributed by atoms with Crippen LogP contribution in [0.15, 0.2) is 14.4 Å². The highest BCUT2D eigenvalue weighted by Crippen LogP contribution is 2.34. The zero-order chi connectivity index (χ0) is 13.3. The largest absolute Gasteiger partial charge is 0.333 e. The van der Waals surface area contributed by atoms with Crippen molar-refractivity contribution >= 4 is 27.3 Å². The lowest BCUT2D eigenvalue weighted by molar-refractivity contribution is 0.357. The second-order valence-electron chi connectivity index (χ2n) is 4.39. The monoisotopic (exact) mass is 330 g/mol. The number of hydrogen-bond acceptors (Lipinski definition) is 6. The number of aryl methyl sites for hydroxylation is 1. The van der Waals surface area contributed by atoms with Crippen LogP contribution in [0.4, 0.5) is 0 Å². The number of thiophene rings is 1. The minimum absolute atomic E-state index is 0.234. The van der Waals surface area contributed by atoms with Crippen molar-refractivity contribution in [2.24, 2.45) is 5.73 Å². The Balaban J connectivity index is 2.20. The molecule has 0 saturated carbocycles. The molecule has 1 atom stereocenters. The third-order valence-electron chi connectivity index (χ3n) is 2.40. The van der Waals surface area contributed by atoms with E-state index >= 15 is 0 Å². The van der Waals surface area contributed by atoms with Crippen LogP contribution in [0.25, 0.3) is 10.8 Å². The van der Waals surface area contributed by atoms with Crippen molar-refractivity contribution in [2.45, 2.75) is 13.0 Å². The molecule has 0 amide bonds. The molecule has 0 aliphatic heterocycles. The van der Waals surface area contributed by atoms with Crippen LogP contribution >= 0.6 is 27.3 Å². The van der Waals surface area contributed by atoms with Gasteiger partial charge in [0.1, 0.15) is 0 Å². The Hall–Kier alpha value is -0.760. The van der Waals surface area contributed by atoms with E-state index in [0.29, 0.717) is 18.3 Å². The Morgan fingerprint density at radius 2 is 2.28 bits per heavy atom. The third-order valence-corrected chi connectivity index (χ3v) is 4.53. The van der Waals surface area contributed by atoms with E-state index < -0.39 is 0 Å². The SMILES string of the molecule is Cc1cc(-c2nc(C(N)CN(C)C)no2)sc1Br. The lowest BCUT2D eigenvalue weighted by Crippen LogP contribution is -2.26. The number of hydrogen-bond donors (Lipinski definition) is 1. The minimum atomic E-state index is -0.234. The maximum atomic E-state index is 5.99. The lowest BCUT2D eigenvalue weighted by Gasteiger charge is -2.12. The van der Waals surface area contributed by atoms with E-state index in [0.717, 1.165) is 14.2 Å². The highest BCUT2D eigenvalue weighted by molar-refractivity contribution is 9.11. The van der Waals surface area contributed by atoms with Gasteiger partial charge >= 0.3 is 0 Å². The van der Waals surface area contributed by atoms with Crippen molar-refractivity contribution in [3.05, 3.63) is 21.2 Å². The van der Waals surface area contributed by atoms with E-state index in [9.17, 15) is 0 Å². The molecule has 2 aromatic heterocycles. The summed E-state index contributed by atoms with van der Waals surface area (Å²) >= 11 is 5.05. The maximum Gasteiger partial charge on any atom is 0.268 e. The van der Waals surface area contributed by atoms with Crippen molar-refractivity contribution in [3.63, 3.8) is 0 Å².